The molecule has 350 valence electrons. The summed E-state index contributed by atoms with van der Waals surface area (Å²) in [5.74, 6) is 5.49. The van der Waals surface area contributed by atoms with Crippen LogP contribution in [0.2, 0.25) is 0 Å². The monoisotopic (exact) mass is 869 g/mol. The van der Waals surface area contributed by atoms with Crippen molar-refractivity contribution < 1.29 is 23.9 Å². The predicted octanol–water partition coefficient (Wildman–Crippen LogP) is 13.8. The molecule has 3 saturated carbocycles. The van der Waals surface area contributed by atoms with Crippen molar-refractivity contribution >= 4 is 28.9 Å². The first-order chi connectivity index (χ1) is 29.3. The highest BCUT2D eigenvalue weighted by molar-refractivity contribution is 8.13. The number of carbonyl (C=O) groups is 3. The number of esters is 2. The number of ether oxygens (including phenoxy) is 2. The first-order valence-electron chi connectivity index (χ1n) is 25.5. The van der Waals surface area contributed by atoms with Gasteiger partial charge in [0, 0.05) is 44.6 Å². The van der Waals surface area contributed by atoms with Crippen LogP contribution in [-0.4, -0.2) is 79.2 Å². The molecule has 0 N–H and O–H groups in total. The second kappa shape index (κ2) is 26.9. The van der Waals surface area contributed by atoms with Crippen molar-refractivity contribution in [3.8, 4) is 0 Å². The molecule has 7 nitrogen and oxygen atoms in total. The summed E-state index contributed by atoms with van der Waals surface area (Å²) >= 11 is 1.38. The van der Waals surface area contributed by atoms with Crippen LogP contribution >= 0.6 is 11.8 Å². The third-order valence-corrected chi connectivity index (χ3v) is 16.8. The number of nitrogens with zero attached hydrogens (tertiary/aromatic N) is 2. The molecule has 8 heteroatoms. The van der Waals surface area contributed by atoms with E-state index in [1.165, 1.54) is 88.8 Å². The highest BCUT2D eigenvalue weighted by Crippen LogP contribution is 2.67. The van der Waals surface area contributed by atoms with Gasteiger partial charge >= 0.3 is 11.9 Å². The molecule has 0 aliphatic heterocycles. The third-order valence-electron chi connectivity index (χ3n) is 15.9. The molecule has 0 unspecified atom stereocenters. The molecule has 3 fully saturated rings. The van der Waals surface area contributed by atoms with Crippen LogP contribution in [0.3, 0.4) is 0 Å². The van der Waals surface area contributed by atoms with E-state index in [1.807, 2.05) is 25.1 Å². The summed E-state index contributed by atoms with van der Waals surface area (Å²) in [6, 6.07) is 0. The van der Waals surface area contributed by atoms with Crippen LogP contribution in [-0.2, 0) is 19.1 Å². The lowest BCUT2D eigenvalue weighted by atomic mass is 9.47. The summed E-state index contributed by atoms with van der Waals surface area (Å²) < 4.78 is 11.6. The zero-order chi connectivity index (χ0) is 44.3. The van der Waals surface area contributed by atoms with Gasteiger partial charge in [0.2, 0.25) is 0 Å². The van der Waals surface area contributed by atoms with Crippen LogP contribution < -0.4 is 0 Å². The van der Waals surface area contributed by atoms with Crippen molar-refractivity contribution in [3.63, 3.8) is 0 Å². The van der Waals surface area contributed by atoms with Crippen LogP contribution in [0.4, 0.5) is 4.79 Å². The number of hydrogen-bond donors (Lipinski definition) is 0. The summed E-state index contributed by atoms with van der Waals surface area (Å²) in [5, 5.41) is 0.106. The summed E-state index contributed by atoms with van der Waals surface area (Å²) in [4.78, 5) is 42.7. The number of fused-ring (bicyclic) bond motifs is 5. The molecule has 4 rings (SSSR count). The van der Waals surface area contributed by atoms with Gasteiger partial charge in [0.1, 0.15) is 12.7 Å². The van der Waals surface area contributed by atoms with E-state index in [1.54, 1.807) is 5.57 Å². The molecule has 61 heavy (non-hydrogen) atoms. The summed E-state index contributed by atoms with van der Waals surface area (Å²) in [6.07, 6.45) is 32.9. The van der Waals surface area contributed by atoms with Crippen molar-refractivity contribution in [3.05, 3.63) is 23.8 Å². The molecule has 0 bridgehead atoms. The predicted molar refractivity (Wildman–Crippen MR) is 257 cm³/mol. The number of hydrogen-bond acceptors (Lipinski definition) is 7. The maximum Gasteiger partial charge on any atom is 0.306 e. The molecule has 1 amide bonds. The minimum atomic E-state index is -0.117. The zero-order valence-electron chi connectivity index (χ0n) is 40.6. The number of unbranched alkanes of at least 4 members (excludes halogenated alkanes) is 8. The summed E-state index contributed by atoms with van der Waals surface area (Å²) in [6.45, 7) is 17.3. The molecule has 0 saturated heterocycles. The van der Waals surface area contributed by atoms with Gasteiger partial charge in [0.25, 0.3) is 5.24 Å². The highest BCUT2D eigenvalue weighted by Gasteiger charge is 2.59. The Bertz CT molecular complexity index is 1380. The van der Waals surface area contributed by atoms with Crippen molar-refractivity contribution in [1.82, 2.24) is 9.80 Å². The van der Waals surface area contributed by atoms with E-state index in [4.69, 9.17) is 9.47 Å². The van der Waals surface area contributed by atoms with E-state index in [-0.39, 0.29) is 28.7 Å². The Morgan fingerprint density at radius 1 is 0.803 bits per heavy atom. The van der Waals surface area contributed by atoms with Crippen LogP contribution in [0, 0.1) is 46.3 Å². The van der Waals surface area contributed by atoms with E-state index < -0.39 is 0 Å². The molecule has 0 heterocycles. The normalized spacial score (nSPS) is 27.7. The Labute approximate surface area is 379 Å². The van der Waals surface area contributed by atoms with E-state index in [2.05, 4.69) is 58.6 Å². The van der Waals surface area contributed by atoms with Gasteiger partial charge in [-0.05, 0) is 137 Å². The SMILES string of the molecule is CCCCCC/C=C\COC(=O)CCCCCCCN(CCCC(=O)O[C@H]1CC[C@@]2(C)C(=CC[C@H]3[C@H]4CC[C@H]([C@H](C)CCCC(C)C)[C@@]4(C)CC[C@H]32)C1)C(=O)SCCN(C)C. The van der Waals surface area contributed by atoms with Crippen molar-refractivity contribution in [2.45, 2.75) is 202 Å². The van der Waals surface area contributed by atoms with Gasteiger partial charge in [0.05, 0.1) is 0 Å². The van der Waals surface area contributed by atoms with Crippen molar-refractivity contribution in [2.75, 3.05) is 46.1 Å². The molecule has 0 spiro atoms. The summed E-state index contributed by atoms with van der Waals surface area (Å²) in [7, 11) is 4.06. The average molecular weight is 869 g/mol. The minimum Gasteiger partial charge on any atom is -0.462 e. The Morgan fingerprint density at radius 3 is 2.31 bits per heavy atom. The lowest BCUT2D eigenvalue weighted by Crippen LogP contribution is -2.51. The molecule has 0 aromatic rings. The van der Waals surface area contributed by atoms with Crippen LogP contribution in [0.15, 0.2) is 23.8 Å². The van der Waals surface area contributed by atoms with Gasteiger partial charge in [-0.2, -0.15) is 0 Å². The Hall–Kier alpha value is -1.80. The van der Waals surface area contributed by atoms with Gasteiger partial charge in [-0.15, -0.1) is 0 Å². The van der Waals surface area contributed by atoms with Crippen LogP contribution in [0.1, 0.15) is 196 Å². The average Bonchev–Trinajstić information content (AvgIpc) is 3.58. The number of amides is 1. The second-order valence-electron chi connectivity index (χ2n) is 21.2. The fourth-order valence-corrected chi connectivity index (χ4v) is 13.3. The molecule has 4 aliphatic rings. The maximum absolute atomic E-state index is 13.3. The lowest BCUT2D eigenvalue weighted by Gasteiger charge is -2.58. The smallest absolute Gasteiger partial charge is 0.306 e. The Kier molecular flexibility index (Phi) is 22.8. The fraction of sp³-hybridized carbons (Fsp3) is 0.868. The molecular formula is C53H92N2O5S. The largest absolute Gasteiger partial charge is 0.462 e. The molecular weight excluding hydrogens is 777 g/mol. The topological polar surface area (TPSA) is 76.1 Å². The van der Waals surface area contributed by atoms with Crippen molar-refractivity contribution in [1.29, 1.82) is 0 Å². The van der Waals surface area contributed by atoms with Gasteiger partial charge in [-0.25, -0.2) is 0 Å². The Morgan fingerprint density at radius 2 is 1.54 bits per heavy atom. The first kappa shape index (κ1) is 51.8. The third kappa shape index (κ3) is 16.3. The molecule has 4 aliphatic carbocycles. The maximum atomic E-state index is 13.3. The number of rotatable bonds is 28. The Balaban J connectivity index is 1.16. The molecule has 0 aromatic heterocycles. The van der Waals surface area contributed by atoms with Gasteiger partial charge in [-0.1, -0.05) is 135 Å². The molecule has 0 radical (unpaired) electrons. The van der Waals surface area contributed by atoms with E-state index in [0.717, 1.165) is 106 Å². The number of carbonyl (C=O) groups excluding carboxylic acids is 3. The first-order valence-corrected chi connectivity index (χ1v) is 26.5. The fourth-order valence-electron chi connectivity index (χ4n) is 12.3. The van der Waals surface area contributed by atoms with Gasteiger partial charge < -0.3 is 19.3 Å². The lowest BCUT2D eigenvalue weighted by molar-refractivity contribution is -0.151. The summed E-state index contributed by atoms with van der Waals surface area (Å²) in [5.41, 5.74) is 2.32. The number of allylic oxidation sites excluding steroid dienone is 2. The zero-order valence-corrected chi connectivity index (χ0v) is 41.4. The van der Waals surface area contributed by atoms with E-state index >= 15 is 0 Å². The number of thioether (sulfide) groups is 1. The van der Waals surface area contributed by atoms with E-state index in [0.29, 0.717) is 44.4 Å². The minimum absolute atomic E-state index is 0.0251. The second-order valence-corrected chi connectivity index (χ2v) is 22.2. The quantitative estimate of drug-likeness (QED) is 0.0440. The van der Waals surface area contributed by atoms with E-state index in [9.17, 15) is 14.4 Å². The van der Waals surface area contributed by atoms with Gasteiger partial charge in [0.15, 0.2) is 0 Å². The van der Waals surface area contributed by atoms with Crippen LogP contribution in [0.5, 0.6) is 0 Å². The molecule has 0 aromatic carbocycles. The molecule has 8 atom stereocenters. The van der Waals surface area contributed by atoms with Crippen molar-refractivity contribution in [2.24, 2.45) is 46.3 Å². The van der Waals surface area contributed by atoms with Crippen LogP contribution in [0.25, 0.3) is 0 Å². The highest BCUT2D eigenvalue weighted by atomic mass is 32.2. The standard InChI is InChI=1S/C53H92N2O5S/c1-9-10-11-12-13-17-20-38-59-49(56)25-18-15-14-16-19-35-55(51(58)61-39-37-54(7)8)36-22-26-50(57)60-44-31-33-52(5)43(40-44)27-28-45-47-30-29-46(42(4)24-21-23-41(2)3)53(47,6)34-32-48(45)52/h17,20,27,41-42,44-48H,9-16,18-19,21-26,28-40H2,1-8H3/b20-17-/t42-,44+,45+,46-,47-,48-,52+,53-/m1/s1. The van der Waals surface area contributed by atoms with Gasteiger partial charge in [-0.3, -0.25) is 14.4 Å².